The van der Waals surface area contributed by atoms with E-state index in [1.54, 1.807) is 5.32 Å². The number of amides is 1. The van der Waals surface area contributed by atoms with Gasteiger partial charge in [-0.1, -0.05) is 11.6 Å². The van der Waals surface area contributed by atoms with Gasteiger partial charge in [0.25, 0.3) is 0 Å². The third-order valence-corrected chi connectivity index (χ3v) is 3.06. The van der Waals surface area contributed by atoms with Crippen LogP contribution in [-0.2, 0) is 14.4 Å². The molecule has 0 aliphatic carbocycles. The molecule has 3 N–H and O–H groups in total. The summed E-state index contributed by atoms with van der Waals surface area (Å²) in [5.41, 5.74) is 2.37. The molecule has 0 saturated carbocycles. The zero-order valence-corrected chi connectivity index (χ0v) is 18.1. The molecule has 24 heavy (non-hydrogen) atoms. The Morgan fingerprint density at radius 1 is 1.17 bits per heavy atom. The molecule has 1 aromatic rings. The third-order valence-electron chi connectivity index (χ3n) is 2.83. The van der Waals surface area contributed by atoms with Crippen LogP contribution in [-0.4, -0.2) is 29.2 Å². The summed E-state index contributed by atoms with van der Waals surface area (Å²) in [4.78, 5) is 45.5. The zero-order valence-electron chi connectivity index (χ0n) is 13.3. The number of rotatable bonds is 6. The first kappa shape index (κ1) is 25.6. The molecule has 0 unspecified atom stereocenters. The monoisotopic (exact) mass is 372 g/mol. The molecule has 0 radical (unpaired) electrons. The molecule has 0 heterocycles. The largest absolute Gasteiger partial charge is 1.00 e. The summed E-state index contributed by atoms with van der Waals surface area (Å²) in [6.45, 7) is 0.888. The van der Waals surface area contributed by atoms with Gasteiger partial charge < -0.3 is 30.9 Å². The number of Topliss-reactive ketones (excluding diaryl/α,β-unsaturated/α-hetero) is 1. The summed E-state index contributed by atoms with van der Waals surface area (Å²) in [5, 5.41) is 24.1. The van der Waals surface area contributed by atoms with E-state index in [4.69, 9.17) is 17.3 Å². The predicted octanol–water partition coefficient (Wildman–Crippen LogP) is -8.12. The molecule has 0 atom stereocenters. The maximum Gasteiger partial charge on any atom is 1.00 e. The average Bonchev–Trinajstić information content (AvgIpc) is 2.39. The van der Waals surface area contributed by atoms with E-state index in [0.717, 1.165) is 13.0 Å². The number of aliphatic carboxylic acids is 2. The molecule has 0 saturated heterocycles. The van der Waals surface area contributed by atoms with Gasteiger partial charge in [-0.2, -0.15) is 0 Å². The molecule has 0 aliphatic rings. The first-order valence-corrected chi connectivity index (χ1v) is 6.28. The minimum atomic E-state index is -3.00. The maximum atomic E-state index is 12.2. The number of halogens is 1. The Kier molecular flexibility index (Phi) is 11.1. The SMILES string of the molecule is CC(=O)NC(CC(=O)c1cc(Cl)ccc1N)(C(=O)[O-])C(=O)[O-].[Na+].[Na+]. The summed E-state index contributed by atoms with van der Waals surface area (Å²) in [6.07, 6.45) is -1.14. The molecule has 118 valence electrons. The molecular formula is C13H11ClN2Na2O6. The Bertz CT molecular complexity index is 654. The number of carbonyl (C=O) groups excluding carboxylic acids is 4. The Labute approximate surface area is 186 Å². The zero-order chi connectivity index (χ0) is 17.1. The van der Waals surface area contributed by atoms with E-state index in [2.05, 4.69) is 0 Å². The number of benzene rings is 1. The van der Waals surface area contributed by atoms with Crippen LogP contribution in [0.2, 0.25) is 5.02 Å². The number of hydrogen-bond acceptors (Lipinski definition) is 7. The van der Waals surface area contributed by atoms with Gasteiger partial charge in [-0.05, 0) is 18.2 Å². The topological polar surface area (TPSA) is 152 Å². The number of ketones is 1. The first-order valence-electron chi connectivity index (χ1n) is 5.90. The summed E-state index contributed by atoms with van der Waals surface area (Å²) >= 11 is 5.71. The van der Waals surface area contributed by atoms with Crippen molar-refractivity contribution in [1.29, 1.82) is 0 Å². The van der Waals surface area contributed by atoms with E-state index >= 15 is 0 Å². The van der Waals surface area contributed by atoms with Gasteiger partial charge in [0, 0.05) is 29.6 Å². The number of hydrogen-bond donors (Lipinski definition) is 2. The van der Waals surface area contributed by atoms with E-state index in [9.17, 15) is 29.4 Å². The van der Waals surface area contributed by atoms with E-state index in [1.165, 1.54) is 12.1 Å². The van der Waals surface area contributed by atoms with Crippen LogP contribution in [0.25, 0.3) is 0 Å². The molecule has 1 aromatic carbocycles. The number of carboxylic acid groups (broad SMARTS) is 2. The van der Waals surface area contributed by atoms with Crippen LogP contribution in [0.3, 0.4) is 0 Å². The molecule has 8 nitrogen and oxygen atoms in total. The minimum absolute atomic E-state index is 0. The van der Waals surface area contributed by atoms with Crippen LogP contribution < -0.4 is 80.4 Å². The fourth-order valence-electron chi connectivity index (χ4n) is 1.78. The number of anilines is 1. The Hall–Kier alpha value is -0.610. The van der Waals surface area contributed by atoms with Gasteiger partial charge in [-0.25, -0.2) is 0 Å². The maximum absolute atomic E-state index is 12.2. The summed E-state index contributed by atoms with van der Waals surface area (Å²) in [5.74, 6) is -6.31. The Morgan fingerprint density at radius 3 is 2.08 bits per heavy atom. The second kappa shape index (κ2) is 10.4. The van der Waals surface area contributed by atoms with Gasteiger partial charge in [0.05, 0.1) is 11.9 Å². The van der Waals surface area contributed by atoms with Crippen molar-refractivity contribution in [2.45, 2.75) is 18.9 Å². The van der Waals surface area contributed by atoms with Gasteiger partial charge in [-0.15, -0.1) is 0 Å². The summed E-state index contributed by atoms with van der Waals surface area (Å²) in [7, 11) is 0. The predicted molar refractivity (Wildman–Crippen MR) is 71.4 cm³/mol. The summed E-state index contributed by atoms with van der Waals surface area (Å²) in [6, 6.07) is 3.85. The second-order valence-electron chi connectivity index (χ2n) is 4.49. The number of carboxylic acids is 2. The molecule has 1 rings (SSSR count). The van der Waals surface area contributed by atoms with Gasteiger partial charge in [0.15, 0.2) is 5.78 Å². The molecular weight excluding hydrogens is 362 g/mol. The van der Waals surface area contributed by atoms with Crippen LogP contribution in [0, 0.1) is 0 Å². The average molecular weight is 373 g/mol. The Morgan fingerprint density at radius 2 is 1.67 bits per heavy atom. The number of nitrogen functional groups attached to an aromatic ring is 1. The standard InChI is InChI=1S/C13H13ClN2O6.2Na/c1-6(17)16-13(11(19)20,12(21)22)5-10(18)8-4-7(14)2-3-9(8)15;;/h2-4H,5,15H2,1H3,(H,16,17)(H,19,20)(H,21,22);;/q;2*+1/p-2. The molecule has 11 heteroatoms. The van der Waals surface area contributed by atoms with Crippen molar-refractivity contribution >= 4 is 40.9 Å². The van der Waals surface area contributed by atoms with Crippen molar-refractivity contribution in [2.24, 2.45) is 0 Å². The second-order valence-corrected chi connectivity index (χ2v) is 4.93. The molecule has 0 fully saturated rings. The van der Waals surface area contributed by atoms with E-state index in [-0.39, 0.29) is 75.4 Å². The van der Waals surface area contributed by atoms with Gasteiger partial charge in [-0.3, -0.25) is 9.59 Å². The van der Waals surface area contributed by atoms with Crippen molar-refractivity contribution in [2.75, 3.05) is 5.73 Å². The quantitative estimate of drug-likeness (QED) is 0.218. The molecule has 0 aromatic heterocycles. The van der Waals surface area contributed by atoms with Crippen LogP contribution in [0.15, 0.2) is 18.2 Å². The van der Waals surface area contributed by atoms with Crippen molar-refractivity contribution in [3.8, 4) is 0 Å². The number of carbonyl (C=O) groups is 4. The van der Waals surface area contributed by atoms with Gasteiger partial charge in [0.1, 0.15) is 5.54 Å². The number of nitrogens with two attached hydrogens (primary N) is 1. The van der Waals surface area contributed by atoms with Crippen molar-refractivity contribution in [1.82, 2.24) is 5.32 Å². The van der Waals surface area contributed by atoms with Crippen molar-refractivity contribution < 1.29 is 88.5 Å². The summed E-state index contributed by atoms with van der Waals surface area (Å²) < 4.78 is 0. The van der Waals surface area contributed by atoms with Crippen LogP contribution in [0.1, 0.15) is 23.7 Å². The van der Waals surface area contributed by atoms with Gasteiger partial charge in [0.2, 0.25) is 5.91 Å². The van der Waals surface area contributed by atoms with Crippen LogP contribution >= 0.6 is 11.6 Å². The molecule has 1 amide bonds. The molecule has 0 aliphatic heterocycles. The fraction of sp³-hybridized carbons (Fsp3) is 0.231. The minimum Gasteiger partial charge on any atom is -0.547 e. The number of nitrogens with one attached hydrogen (secondary N) is 1. The smallest absolute Gasteiger partial charge is 0.547 e. The van der Waals surface area contributed by atoms with Crippen LogP contribution in [0.5, 0.6) is 0 Å². The normalized spacial score (nSPS) is 9.92. The molecule has 0 spiro atoms. The van der Waals surface area contributed by atoms with Gasteiger partial charge >= 0.3 is 59.1 Å². The third kappa shape index (κ3) is 6.03. The van der Waals surface area contributed by atoms with Crippen LogP contribution in [0.4, 0.5) is 5.69 Å². The van der Waals surface area contributed by atoms with E-state index in [0.29, 0.717) is 0 Å². The fourth-order valence-corrected chi connectivity index (χ4v) is 1.95. The molecule has 0 bridgehead atoms. The Balaban J connectivity index is 0. The first-order chi connectivity index (χ1) is 10.1. The van der Waals surface area contributed by atoms with E-state index < -0.39 is 35.6 Å². The van der Waals surface area contributed by atoms with Crippen molar-refractivity contribution in [3.05, 3.63) is 28.8 Å². The van der Waals surface area contributed by atoms with Crippen molar-refractivity contribution in [3.63, 3.8) is 0 Å². The van der Waals surface area contributed by atoms with E-state index in [1.807, 2.05) is 0 Å².